The zero-order valence-corrected chi connectivity index (χ0v) is 12.3. The van der Waals surface area contributed by atoms with Gasteiger partial charge in [0.15, 0.2) is 9.84 Å². The fraction of sp³-hybridized carbons (Fsp3) is 0.923. The summed E-state index contributed by atoms with van der Waals surface area (Å²) in [5.74, 6) is 0.748. The Labute approximate surface area is 115 Å². The van der Waals surface area contributed by atoms with Crippen LogP contribution in [0.2, 0.25) is 0 Å². The van der Waals surface area contributed by atoms with Gasteiger partial charge < -0.3 is 10.6 Å². The number of amides is 1. The first-order valence-electron chi connectivity index (χ1n) is 7.20. The normalized spacial score (nSPS) is 34.1. The maximum Gasteiger partial charge on any atom is 0.221 e. The second kappa shape index (κ2) is 6.22. The molecule has 5 nitrogen and oxygen atoms in total. The van der Waals surface area contributed by atoms with Crippen molar-refractivity contribution in [2.24, 2.45) is 5.92 Å². The maximum absolute atomic E-state index is 11.9. The molecule has 2 rings (SSSR count). The second-order valence-corrected chi connectivity index (χ2v) is 8.22. The van der Waals surface area contributed by atoms with E-state index in [4.69, 9.17) is 0 Å². The van der Waals surface area contributed by atoms with Crippen molar-refractivity contribution in [3.8, 4) is 0 Å². The standard InChI is InChI=1S/C13H24N2O3S/c1-10-4-2-6-14-12(10)8-13(16)15-9-11-5-3-7-19(11,17)18/h10-12,14H,2-9H2,1H3,(H,15,16). The van der Waals surface area contributed by atoms with E-state index in [2.05, 4.69) is 17.6 Å². The Morgan fingerprint density at radius 2 is 2.11 bits per heavy atom. The molecule has 2 aliphatic rings. The highest BCUT2D eigenvalue weighted by Gasteiger charge is 2.31. The summed E-state index contributed by atoms with van der Waals surface area (Å²) in [4.78, 5) is 11.9. The van der Waals surface area contributed by atoms with Crippen LogP contribution in [0.5, 0.6) is 0 Å². The minimum absolute atomic E-state index is 0.0339. The summed E-state index contributed by atoms with van der Waals surface area (Å²) >= 11 is 0. The number of hydrogen-bond acceptors (Lipinski definition) is 4. The molecule has 0 aliphatic carbocycles. The van der Waals surface area contributed by atoms with Crippen molar-refractivity contribution < 1.29 is 13.2 Å². The minimum Gasteiger partial charge on any atom is -0.355 e. The van der Waals surface area contributed by atoms with Gasteiger partial charge in [0.2, 0.25) is 5.91 Å². The molecule has 2 heterocycles. The highest BCUT2D eigenvalue weighted by molar-refractivity contribution is 7.92. The average Bonchev–Trinajstić information content (AvgIpc) is 2.69. The van der Waals surface area contributed by atoms with E-state index >= 15 is 0 Å². The SMILES string of the molecule is CC1CCCNC1CC(=O)NCC1CCCS1(=O)=O. The predicted octanol–water partition coefficient (Wildman–Crippen LogP) is 0.458. The van der Waals surface area contributed by atoms with Gasteiger partial charge in [-0.05, 0) is 38.1 Å². The molecule has 3 atom stereocenters. The fourth-order valence-electron chi connectivity index (χ4n) is 2.97. The molecule has 0 aromatic carbocycles. The van der Waals surface area contributed by atoms with E-state index in [0.29, 0.717) is 18.8 Å². The summed E-state index contributed by atoms with van der Waals surface area (Å²) in [7, 11) is -2.96. The summed E-state index contributed by atoms with van der Waals surface area (Å²) in [5, 5.41) is 5.79. The molecule has 2 aliphatic heterocycles. The first kappa shape index (κ1) is 14.8. The molecule has 0 aromatic heterocycles. The molecule has 2 saturated heterocycles. The van der Waals surface area contributed by atoms with Gasteiger partial charge in [0.1, 0.15) is 0 Å². The van der Waals surface area contributed by atoms with Gasteiger partial charge >= 0.3 is 0 Å². The zero-order chi connectivity index (χ0) is 13.9. The lowest BCUT2D eigenvalue weighted by Gasteiger charge is -2.29. The number of nitrogens with one attached hydrogen (secondary N) is 2. The van der Waals surface area contributed by atoms with Crippen molar-refractivity contribution in [1.29, 1.82) is 0 Å². The topological polar surface area (TPSA) is 75.3 Å². The Balaban J connectivity index is 1.75. The van der Waals surface area contributed by atoms with E-state index in [-0.39, 0.29) is 29.5 Å². The van der Waals surface area contributed by atoms with Gasteiger partial charge in [0, 0.05) is 19.0 Å². The molecule has 2 fully saturated rings. The third-order valence-electron chi connectivity index (χ3n) is 4.32. The molecule has 19 heavy (non-hydrogen) atoms. The Kier molecular flexibility index (Phi) is 4.84. The summed E-state index contributed by atoms with van der Waals surface area (Å²) < 4.78 is 23.3. The van der Waals surface area contributed by atoms with Crippen LogP contribution in [0.4, 0.5) is 0 Å². The highest BCUT2D eigenvalue weighted by Crippen LogP contribution is 2.20. The molecule has 6 heteroatoms. The summed E-state index contributed by atoms with van der Waals surface area (Å²) in [6, 6.07) is 0.230. The van der Waals surface area contributed by atoms with Crippen molar-refractivity contribution in [1.82, 2.24) is 10.6 Å². The first-order chi connectivity index (χ1) is 8.99. The van der Waals surface area contributed by atoms with Crippen LogP contribution in [-0.2, 0) is 14.6 Å². The number of sulfone groups is 1. The molecule has 0 spiro atoms. The number of carbonyl (C=O) groups excluding carboxylic acids is 1. The molecule has 0 radical (unpaired) electrons. The molecule has 0 aromatic rings. The van der Waals surface area contributed by atoms with Gasteiger partial charge in [-0.25, -0.2) is 8.42 Å². The van der Waals surface area contributed by atoms with Gasteiger partial charge in [0.25, 0.3) is 0 Å². The van der Waals surface area contributed by atoms with Crippen molar-refractivity contribution in [3.63, 3.8) is 0 Å². The van der Waals surface area contributed by atoms with Gasteiger partial charge in [-0.15, -0.1) is 0 Å². The smallest absolute Gasteiger partial charge is 0.221 e. The molecule has 0 bridgehead atoms. The Morgan fingerprint density at radius 3 is 2.74 bits per heavy atom. The predicted molar refractivity (Wildman–Crippen MR) is 74.6 cm³/mol. The summed E-state index contributed by atoms with van der Waals surface area (Å²) in [6.07, 6.45) is 4.18. The van der Waals surface area contributed by atoms with E-state index in [1.807, 2.05) is 0 Å². The molecule has 2 N–H and O–H groups in total. The molecular weight excluding hydrogens is 264 g/mol. The van der Waals surface area contributed by atoms with E-state index in [0.717, 1.165) is 19.4 Å². The quantitative estimate of drug-likeness (QED) is 0.788. The highest BCUT2D eigenvalue weighted by atomic mass is 32.2. The first-order valence-corrected chi connectivity index (χ1v) is 8.92. The van der Waals surface area contributed by atoms with E-state index in [1.165, 1.54) is 6.42 Å². The lowest BCUT2D eigenvalue weighted by molar-refractivity contribution is -0.121. The molecule has 3 unspecified atom stereocenters. The summed E-state index contributed by atoms with van der Waals surface area (Å²) in [6.45, 7) is 3.41. The number of piperidine rings is 1. The third kappa shape index (κ3) is 3.92. The van der Waals surface area contributed by atoms with Gasteiger partial charge in [-0.3, -0.25) is 4.79 Å². The lowest BCUT2D eigenvalue weighted by Crippen LogP contribution is -2.44. The molecule has 0 saturated carbocycles. The van der Waals surface area contributed by atoms with Crippen LogP contribution in [0.3, 0.4) is 0 Å². The van der Waals surface area contributed by atoms with Crippen molar-refractivity contribution in [3.05, 3.63) is 0 Å². The Hall–Kier alpha value is -0.620. The minimum atomic E-state index is -2.96. The Bertz CT molecular complexity index is 422. The lowest BCUT2D eigenvalue weighted by atomic mass is 9.90. The van der Waals surface area contributed by atoms with Gasteiger partial charge in [-0.2, -0.15) is 0 Å². The van der Waals surface area contributed by atoms with Crippen molar-refractivity contribution in [2.45, 2.75) is 50.3 Å². The van der Waals surface area contributed by atoms with Crippen molar-refractivity contribution >= 4 is 15.7 Å². The average molecular weight is 288 g/mol. The van der Waals surface area contributed by atoms with Crippen LogP contribution in [-0.4, -0.2) is 44.5 Å². The van der Waals surface area contributed by atoms with E-state index < -0.39 is 9.84 Å². The third-order valence-corrected chi connectivity index (χ3v) is 6.60. The van der Waals surface area contributed by atoms with Crippen LogP contribution in [0.25, 0.3) is 0 Å². The Morgan fingerprint density at radius 1 is 1.32 bits per heavy atom. The van der Waals surface area contributed by atoms with Crippen LogP contribution in [0.1, 0.15) is 39.0 Å². The van der Waals surface area contributed by atoms with Crippen molar-refractivity contribution in [2.75, 3.05) is 18.8 Å². The van der Waals surface area contributed by atoms with Crippen LogP contribution in [0.15, 0.2) is 0 Å². The molecule has 1 amide bonds. The zero-order valence-electron chi connectivity index (χ0n) is 11.5. The molecule has 110 valence electrons. The van der Waals surface area contributed by atoms with Gasteiger partial charge in [-0.1, -0.05) is 6.92 Å². The summed E-state index contributed by atoms with van der Waals surface area (Å²) in [5.41, 5.74) is 0. The van der Waals surface area contributed by atoms with Crippen LogP contribution >= 0.6 is 0 Å². The maximum atomic E-state index is 11.9. The number of rotatable bonds is 4. The van der Waals surface area contributed by atoms with Crippen LogP contribution in [0, 0.1) is 5.92 Å². The van der Waals surface area contributed by atoms with E-state index in [9.17, 15) is 13.2 Å². The van der Waals surface area contributed by atoms with Gasteiger partial charge in [0.05, 0.1) is 11.0 Å². The second-order valence-electron chi connectivity index (χ2n) is 5.82. The monoisotopic (exact) mass is 288 g/mol. The number of hydrogen-bond donors (Lipinski definition) is 2. The fourth-order valence-corrected chi connectivity index (χ4v) is 4.74. The van der Waals surface area contributed by atoms with E-state index in [1.54, 1.807) is 0 Å². The molecular formula is C13H24N2O3S. The number of carbonyl (C=O) groups is 1. The van der Waals surface area contributed by atoms with Crippen LogP contribution < -0.4 is 10.6 Å². The largest absolute Gasteiger partial charge is 0.355 e.